The van der Waals surface area contributed by atoms with Gasteiger partial charge in [0.15, 0.2) is 9.84 Å². The van der Waals surface area contributed by atoms with Crippen LogP contribution in [0.15, 0.2) is 40.3 Å². The minimum atomic E-state index is -3.20. The maximum atomic E-state index is 11.4. The summed E-state index contributed by atoms with van der Waals surface area (Å²) in [6.07, 6.45) is 5.75. The van der Waals surface area contributed by atoms with Crippen LogP contribution in [0.3, 0.4) is 0 Å². The van der Waals surface area contributed by atoms with Crippen LogP contribution in [-0.4, -0.2) is 26.3 Å². The lowest BCUT2D eigenvalue weighted by Crippen LogP contribution is -2.24. The average Bonchev–Trinajstić information content (AvgIpc) is 2.37. The minimum Gasteiger partial charge on any atom is -0.273 e. The molecule has 100 valence electrons. The number of rotatable bonds is 3. The Kier molecular flexibility index (Phi) is 3.80. The van der Waals surface area contributed by atoms with Crippen molar-refractivity contribution in [2.75, 3.05) is 6.26 Å². The molecule has 0 fully saturated rings. The highest BCUT2D eigenvalue weighted by molar-refractivity contribution is 7.90. The quantitative estimate of drug-likeness (QED) is 0.907. The van der Waals surface area contributed by atoms with Crippen molar-refractivity contribution in [3.63, 3.8) is 0 Å². The van der Waals surface area contributed by atoms with Crippen molar-refractivity contribution in [1.82, 2.24) is 5.43 Å². The van der Waals surface area contributed by atoms with Crippen LogP contribution < -0.4 is 5.43 Å². The number of nitrogens with one attached hydrogen (secondary N) is 1. The second-order valence-corrected chi connectivity index (χ2v) is 6.33. The number of nitrogens with zero attached hydrogens (tertiary/aromatic N) is 1. The Hall–Kier alpha value is -1.95. The largest absolute Gasteiger partial charge is 0.273 e. The van der Waals surface area contributed by atoms with E-state index in [1.807, 2.05) is 6.07 Å². The van der Waals surface area contributed by atoms with E-state index in [1.165, 1.54) is 6.26 Å². The van der Waals surface area contributed by atoms with Crippen LogP contribution in [0.1, 0.15) is 18.4 Å². The predicted octanol–water partition coefficient (Wildman–Crippen LogP) is 1.37. The maximum absolute atomic E-state index is 11.4. The summed E-state index contributed by atoms with van der Waals surface area (Å²) < 4.78 is 22.9. The van der Waals surface area contributed by atoms with Crippen molar-refractivity contribution in [3.05, 3.63) is 35.9 Å². The van der Waals surface area contributed by atoms with E-state index < -0.39 is 9.84 Å². The van der Waals surface area contributed by atoms with E-state index in [0.717, 1.165) is 11.3 Å². The zero-order valence-corrected chi connectivity index (χ0v) is 11.3. The summed E-state index contributed by atoms with van der Waals surface area (Å²) in [5.41, 5.74) is 3.95. The number of amides is 1. The van der Waals surface area contributed by atoms with Crippen molar-refractivity contribution in [3.8, 4) is 0 Å². The third kappa shape index (κ3) is 3.75. The van der Waals surface area contributed by atoms with Crippen LogP contribution in [-0.2, 0) is 14.6 Å². The second kappa shape index (κ2) is 5.36. The van der Waals surface area contributed by atoms with Crippen LogP contribution in [0.5, 0.6) is 0 Å². The number of allylic oxidation sites excluding steroid dienone is 1. The first kappa shape index (κ1) is 13.5. The molecule has 1 N–H and O–H groups in total. The van der Waals surface area contributed by atoms with E-state index in [0.29, 0.717) is 12.8 Å². The van der Waals surface area contributed by atoms with Gasteiger partial charge >= 0.3 is 0 Å². The normalized spacial score (nSPS) is 16.3. The molecule has 6 heteroatoms. The third-order valence-corrected chi connectivity index (χ3v) is 3.80. The molecule has 1 aromatic rings. The lowest BCUT2D eigenvalue weighted by Gasteiger charge is -2.08. The van der Waals surface area contributed by atoms with Gasteiger partial charge in [-0.25, -0.2) is 13.8 Å². The number of carbonyl (C=O) groups is 1. The van der Waals surface area contributed by atoms with Gasteiger partial charge in [0.25, 0.3) is 0 Å². The Bertz CT molecular complexity index is 660. The molecule has 0 radical (unpaired) electrons. The van der Waals surface area contributed by atoms with E-state index in [4.69, 9.17) is 0 Å². The van der Waals surface area contributed by atoms with E-state index >= 15 is 0 Å². The van der Waals surface area contributed by atoms with Gasteiger partial charge in [0.05, 0.1) is 10.6 Å². The first-order valence-corrected chi connectivity index (χ1v) is 7.68. The fourth-order valence-corrected chi connectivity index (χ4v) is 2.33. The molecule has 0 saturated carbocycles. The van der Waals surface area contributed by atoms with Crippen molar-refractivity contribution >= 4 is 27.5 Å². The molecular weight excluding hydrogens is 264 g/mol. The second-order valence-electron chi connectivity index (χ2n) is 4.32. The Labute approximate surface area is 111 Å². The van der Waals surface area contributed by atoms with Crippen LogP contribution in [0.25, 0.3) is 6.08 Å². The van der Waals surface area contributed by atoms with Gasteiger partial charge < -0.3 is 0 Å². The zero-order valence-electron chi connectivity index (χ0n) is 10.5. The van der Waals surface area contributed by atoms with Gasteiger partial charge in [-0.15, -0.1) is 0 Å². The van der Waals surface area contributed by atoms with Gasteiger partial charge in [0.2, 0.25) is 5.91 Å². The Morgan fingerprint density at radius 2 is 2.05 bits per heavy atom. The molecule has 1 amide bonds. The summed E-state index contributed by atoms with van der Waals surface area (Å²) in [4.78, 5) is 11.2. The van der Waals surface area contributed by atoms with E-state index in [9.17, 15) is 13.2 Å². The number of sulfone groups is 1. The van der Waals surface area contributed by atoms with Gasteiger partial charge in [-0.3, -0.25) is 4.79 Å². The highest BCUT2D eigenvalue weighted by Gasteiger charge is 2.09. The van der Waals surface area contributed by atoms with Gasteiger partial charge in [-0.1, -0.05) is 18.2 Å². The van der Waals surface area contributed by atoms with Gasteiger partial charge in [0, 0.05) is 19.1 Å². The molecule has 0 aliphatic carbocycles. The summed E-state index contributed by atoms with van der Waals surface area (Å²) in [5.74, 6) is -0.0868. The molecule has 5 nitrogen and oxygen atoms in total. The maximum Gasteiger partial charge on any atom is 0.240 e. The summed E-state index contributed by atoms with van der Waals surface area (Å²) in [6, 6.07) is 6.67. The number of carbonyl (C=O) groups excluding carboxylic acids is 1. The zero-order chi connectivity index (χ0) is 13.9. The predicted molar refractivity (Wildman–Crippen MR) is 73.4 cm³/mol. The van der Waals surface area contributed by atoms with E-state index in [-0.39, 0.29) is 10.8 Å². The molecule has 1 aliphatic rings. The Balaban J connectivity index is 2.18. The molecule has 1 aromatic carbocycles. The summed E-state index contributed by atoms with van der Waals surface area (Å²) in [7, 11) is -3.20. The molecule has 1 aliphatic heterocycles. The highest BCUT2D eigenvalue weighted by Crippen LogP contribution is 2.13. The third-order valence-electron chi connectivity index (χ3n) is 2.69. The fourth-order valence-electron chi connectivity index (χ4n) is 1.65. The van der Waals surface area contributed by atoms with Crippen molar-refractivity contribution in [1.29, 1.82) is 0 Å². The first-order chi connectivity index (χ1) is 8.95. The fraction of sp³-hybridized carbons (Fsp3) is 0.231. The topological polar surface area (TPSA) is 75.6 Å². The van der Waals surface area contributed by atoms with Gasteiger partial charge in [0.1, 0.15) is 0 Å². The summed E-state index contributed by atoms with van der Waals surface area (Å²) in [5, 5.41) is 3.91. The number of benzene rings is 1. The molecule has 1 heterocycles. The lowest BCUT2D eigenvalue weighted by molar-refractivity contribution is -0.121. The van der Waals surface area contributed by atoms with Crippen LogP contribution in [0.2, 0.25) is 0 Å². The van der Waals surface area contributed by atoms with Crippen molar-refractivity contribution in [2.24, 2.45) is 5.10 Å². The highest BCUT2D eigenvalue weighted by atomic mass is 32.2. The smallest absolute Gasteiger partial charge is 0.240 e. The molecule has 0 aromatic heterocycles. The molecule has 0 saturated heterocycles. The lowest BCUT2D eigenvalue weighted by atomic mass is 10.1. The standard InChI is InChI=1S/C13H14N2O3S/c1-19(17,18)12-4-2-3-10(9-12)5-6-11-7-8-13(16)15-14-11/h2-6,9H,7-8H2,1H3,(H,15,16). The monoisotopic (exact) mass is 278 g/mol. The Morgan fingerprint density at radius 3 is 2.68 bits per heavy atom. The Morgan fingerprint density at radius 1 is 1.26 bits per heavy atom. The van der Waals surface area contributed by atoms with Crippen LogP contribution in [0, 0.1) is 0 Å². The van der Waals surface area contributed by atoms with Crippen LogP contribution in [0.4, 0.5) is 0 Å². The average molecular weight is 278 g/mol. The minimum absolute atomic E-state index is 0.0868. The molecule has 19 heavy (non-hydrogen) atoms. The number of hydrogen-bond acceptors (Lipinski definition) is 4. The number of hydrogen-bond donors (Lipinski definition) is 1. The van der Waals surface area contributed by atoms with Crippen LogP contribution >= 0.6 is 0 Å². The molecule has 0 bridgehead atoms. The van der Waals surface area contributed by atoms with Crippen molar-refractivity contribution in [2.45, 2.75) is 17.7 Å². The van der Waals surface area contributed by atoms with E-state index in [2.05, 4.69) is 10.5 Å². The van der Waals surface area contributed by atoms with Gasteiger partial charge in [-0.2, -0.15) is 5.10 Å². The van der Waals surface area contributed by atoms with Gasteiger partial charge in [-0.05, 0) is 23.8 Å². The number of hydrazone groups is 1. The molecule has 0 unspecified atom stereocenters. The molecule has 0 spiro atoms. The summed E-state index contributed by atoms with van der Waals surface area (Å²) in [6.45, 7) is 0. The SMILES string of the molecule is CS(=O)(=O)c1cccc(C=CC2=NNC(=O)CC2)c1. The van der Waals surface area contributed by atoms with Crippen molar-refractivity contribution < 1.29 is 13.2 Å². The molecule has 2 rings (SSSR count). The summed E-state index contributed by atoms with van der Waals surface area (Å²) >= 11 is 0. The van der Waals surface area contributed by atoms with E-state index in [1.54, 1.807) is 30.4 Å². The molecule has 0 atom stereocenters. The molecular formula is C13H14N2O3S. The first-order valence-electron chi connectivity index (χ1n) is 5.79.